The minimum atomic E-state index is -0.0353. The fraction of sp³-hybridized carbons (Fsp3) is 0.278. The first-order valence-corrected chi connectivity index (χ1v) is 7.84. The molecule has 0 saturated heterocycles. The Morgan fingerprint density at radius 1 is 1.21 bits per heavy atom. The summed E-state index contributed by atoms with van der Waals surface area (Å²) in [5.74, 6) is 0.665. The molecule has 6 heteroatoms. The molecule has 3 rings (SSSR count). The highest BCUT2D eigenvalue weighted by Crippen LogP contribution is 2.13. The minimum Gasteiger partial charge on any atom is -0.361 e. The fourth-order valence-corrected chi connectivity index (χ4v) is 2.53. The van der Waals surface area contributed by atoms with Crippen LogP contribution in [-0.2, 0) is 24.3 Å². The third-order valence-corrected chi connectivity index (χ3v) is 3.96. The molecule has 0 unspecified atom stereocenters. The lowest BCUT2D eigenvalue weighted by atomic mass is 10.1. The Hall–Kier alpha value is -2.89. The molecular formula is C18H20N4O2. The third-order valence-electron chi connectivity index (χ3n) is 3.96. The molecule has 6 nitrogen and oxygen atoms in total. The molecule has 1 amide bonds. The molecule has 0 radical (unpaired) electrons. The van der Waals surface area contributed by atoms with E-state index in [1.54, 1.807) is 12.5 Å². The zero-order chi connectivity index (χ0) is 16.9. The van der Waals surface area contributed by atoms with Crippen molar-refractivity contribution in [1.82, 2.24) is 20.0 Å². The van der Waals surface area contributed by atoms with Gasteiger partial charge in [0.2, 0.25) is 5.91 Å². The zero-order valence-electron chi connectivity index (χ0n) is 13.8. The second kappa shape index (κ2) is 7.12. The quantitative estimate of drug-likeness (QED) is 0.755. The molecule has 124 valence electrons. The van der Waals surface area contributed by atoms with Crippen LogP contribution in [0.1, 0.15) is 28.1 Å². The number of aryl methyl sites for hydroxylation is 2. The van der Waals surface area contributed by atoms with E-state index in [0.717, 1.165) is 23.4 Å². The summed E-state index contributed by atoms with van der Waals surface area (Å²) in [4.78, 5) is 16.1. The average Bonchev–Trinajstić information content (AvgIpc) is 3.19. The molecular weight excluding hydrogens is 304 g/mol. The van der Waals surface area contributed by atoms with Crippen LogP contribution in [0.5, 0.6) is 0 Å². The maximum Gasteiger partial charge on any atom is 0.224 e. The molecule has 0 aliphatic rings. The van der Waals surface area contributed by atoms with Crippen molar-refractivity contribution < 1.29 is 9.32 Å². The second-order valence-electron chi connectivity index (χ2n) is 5.81. The van der Waals surface area contributed by atoms with Gasteiger partial charge in [-0.3, -0.25) is 4.79 Å². The van der Waals surface area contributed by atoms with Gasteiger partial charge in [-0.05, 0) is 25.0 Å². The van der Waals surface area contributed by atoms with Crippen molar-refractivity contribution in [2.45, 2.75) is 33.4 Å². The highest BCUT2D eigenvalue weighted by molar-refractivity contribution is 5.78. The van der Waals surface area contributed by atoms with E-state index in [2.05, 4.69) is 27.6 Å². The monoisotopic (exact) mass is 324 g/mol. The second-order valence-corrected chi connectivity index (χ2v) is 5.81. The van der Waals surface area contributed by atoms with Crippen LogP contribution < -0.4 is 5.32 Å². The van der Waals surface area contributed by atoms with Crippen LogP contribution in [-0.4, -0.2) is 20.6 Å². The molecule has 3 aromatic rings. The van der Waals surface area contributed by atoms with Crippen molar-refractivity contribution >= 4 is 5.91 Å². The van der Waals surface area contributed by atoms with Gasteiger partial charge in [0, 0.05) is 31.0 Å². The number of nitrogens with one attached hydrogen (secondary N) is 1. The maximum atomic E-state index is 12.1. The van der Waals surface area contributed by atoms with E-state index in [0.29, 0.717) is 18.7 Å². The largest absolute Gasteiger partial charge is 0.361 e. The maximum absolute atomic E-state index is 12.1. The van der Waals surface area contributed by atoms with E-state index in [1.165, 1.54) is 5.56 Å². The molecule has 0 atom stereocenters. The number of hydrogen-bond acceptors (Lipinski definition) is 4. The number of rotatable bonds is 6. The number of benzene rings is 1. The van der Waals surface area contributed by atoms with Gasteiger partial charge in [0.25, 0.3) is 0 Å². The Balaban J connectivity index is 1.52. The van der Waals surface area contributed by atoms with Crippen molar-refractivity contribution in [3.63, 3.8) is 0 Å². The van der Waals surface area contributed by atoms with Crippen LogP contribution in [0.3, 0.4) is 0 Å². The lowest BCUT2D eigenvalue weighted by Gasteiger charge is -2.07. The standard InChI is InChI=1S/C18H20N4O2/c1-13-17(14(2)24-21-13)9-18(23)20-10-15-3-5-16(6-4-15)11-22-8-7-19-12-22/h3-8,12H,9-11H2,1-2H3,(H,20,23). The van der Waals surface area contributed by atoms with Gasteiger partial charge in [-0.2, -0.15) is 0 Å². The first-order chi connectivity index (χ1) is 11.6. The summed E-state index contributed by atoms with van der Waals surface area (Å²) >= 11 is 0. The molecule has 0 fully saturated rings. The number of hydrogen-bond donors (Lipinski definition) is 1. The molecule has 0 aliphatic heterocycles. The van der Waals surface area contributed by atoms with E-state index in [-0.39, 0.29) is 5.91 Å². The topological polar surface area (TPSA) is 73.0 Å². The smallest absolute Gasteiger partial charge is 0.224 e. The zero-order valence-corrected chi connectivity index (χ0v) is 13.8. The predicted octanol–water partition coefficient (Wildman–Crippen LogP) is 2.40. The number of nitrogens with zero attached hydrogens (tertiary/aromatic N) is 3. The first kappa shape index (κ1) is 16.0. The number of carbonyl (C=O) groups excluding carboxylic acids is 1. The molecule has 0 aliphatic carbocycles. The lowest BCUT2D eigenvalue weighted by molar-refractivity contribution is -0.120. The van der Waals surface area contributed by atoms with Gasteiger partial charge in [-0.1, -0.05) is 29.4 Å². The SMILES string of the molecule is Cc1noc(C)c1CC(=O)NCc1ccc(Cn2ccnc2)cc1. The van der Waals surface area contributed by atoms with Crippen LogP contribution >= 0.6 is 0 Å². The third kappa shape index (κ3) is 3.90. The average molecular weight is 324 g/mol. The minimum absolute atomic E-state index is 0.0353. The summed E-state index contributed by atoms with van der Waals surface area (Å²) in [5, 5.41) is 6.80. The summed E-state index contributed by atoms with van der Waals surface area (Å²) in [6.07, 6.45) is 5.79. The van der Waals surface area contributed by atoms with Gasteiger partial charge in [-0.25, -0.2) is 4.98 Å². The van der Waals surface area contributed by atoms with Crippen molar-refractivity contribution in [2.24, 2.45) is 0 Å². The van der Waals surface area contributed by atoms with Gasteiger partial charge in [0.1, 0.15) is 5.76 Å². The highest BCUT2D eigenvalue weighted by Gasteiger charge is 2.13. The van der Waals surface area contributed by atoms with Gasteiger partial charge in [0.05, 0.1) is 18.4 Å². The van der Waals surface area contributed by atoms with Crippen molar-refractivity contribution in [1.29, 1.82) is 0 Å². The Morgan fingerprint density at radius 2 is 1.96 bits per heavy atom. The summed E-state index contributed by atoms with van der Waals surface area (Å²) in [5.41, 5.74) is 3.89. The van der Waals surface area contributed by atoms with Crippen molar-refractivity contribution in [3.05, 3.63) is 71.1 Å². The fourth-order valence-electron chi connectivity index (χ4n) is 2.53. The van der Waals surface area contributed by atoms with Gasteiger partial charge >= 0.3 is 0 Å². The van der Waals surface area contributed by atoms with Crippen LogP contribution in [0.4, 0.5) is 0 Å². The summed E-state index contributed by atoms with van der Waals surface area (Å²) in [6, 6.07) is 8.19. The first-order valence-electron chi connectivity index (χ1n) is 7.84. The number of carbonyl (C=O) groups is 1. The van der Waals surface area contributed by atoms with Crippen molar-refractivity contribution in [3.8, 4) is 0 Å². The Kier molecular flexibility index (Phi) is 4.74. The van der Waals surface area contributed by atoms with Crippen molar-refractivity contribution in [2.75, 3.05) is 0 Å². The normalized spacial score (nSPS) is 10.8. The summed E-state index contributed by atoms with van der Waals surface area (Å²) in [7, 11) is 0. The van der Waals surface area contributed by atoms with Crippen LogP contribution in [0.15, 0.2) is 47.5 Å². The molecule has 2 aromatic heterocycles. The van der Waals surface area contributed by atoms with Crippen LogP contribution in [0.25, 0.3) is 0 Å². The number of aromatic nitrogens is 3. The van der Waals surface area contributed by atoms with E-state index in [1.807, 2.05) is 36.7 Å². The Morgan fingerprint density at radius 3 is 2.58 bits per heavy atom. The van der Waals surface area contributed by atoms with Gasteiger partial charge in [-0.15, -0.1) is 0 Å². The number of imidazole rings is 1. The molecule has 1 aromatic carbocycles. The van der Waals surface area contributed by atoms with E-state index in [9.17, 15) is 4.79 Å². The lowest BCUT2D eigenvalue weighted by Crippen LogP contribution is -2.24. The predicted molar refractivity (Wildman–Crippen MR) is 89.3 cm³/mol. The molecule has 24 heavy (non-hydrogen) atoms. The Labute approximate surface area is 140 Å². The Bertz CT molecular complexity index is 785. The van der Waals surface area contributed by atoms with Crippen LogP contribution in [0, 0.1) is 13.8 Å². The van der Waals surface area contributed by atoms with E-state index >= 15 is 0 Å². The number of amides is 1. The molecule has 2 heterocycles. The molecule has 1 N–H and O–H groups in total. The summed E-state index contributed by atoms with van der Waals surface area (Å²) in [6.45, 7) is 4.96. The molecule has 0 spiro atoms. The van der Waals surface area contributed by atoms with Gasteiger partial charge in [0.15, 0.2) is 0 Å². The molecule has 0 bridgehead atoms. The van der Waals surface area contributed by atoms with Crippen LogP contribution in [0.2, 0.25) is 0 Å². The highest BCUT2D eigenvalue weighted by atomic mass is 16.5. The van der Waals surface area contributed by atoms with E-state index < -0.39 is 0 Å². The summed E-state index contributed by atoms with van der Waals surface area (Å²) < 4.78 is 7.09. The molecule has 0 saturated carbocycles. The van der Waals surface area contributed by atoms with Gasteiger partial charge < -0.3 is 14.4 Å². The van der Waals surface area contributed by atoms with E-state index in [4.69, 9.17) is 4.52 Å².